The molecular weight excluding hydrogens is 276 g/mol. The fourth-order valence-corrected chi connectivity index (χ4v) is 2.70. The van der Waals surface area contributed by atoms with Crippen molar-refractivity contribution in [2.45, 2.75) is 27.3 Å². The second kappa shape index (κ2) is 5.77. The van der Waals surface area contributed by atoms with E-state index in [0.29, 0.717) is 18.9 Å². The van der Waals surface area contributed by atoms with Crippen LogP contribution in [0.2, 0.25) is 0 Å². The van der Waals surface area contributed by atoms with Gasteiger partial charge in [0.05, 0.1) is 18.0 Å². The summed E-state index contributed by atoms with van der Waals surface area (Å²) < 4.78 is 7.61. The van der Waals surface area contributed by atoms with Gasteiger partial charge >= 0.3 is 0 Å². The number of benzene rings is 1. The molecule has 0 aliphatic heterocycles. The van der Waals surface area contributed by atoms with Gasteiger partial charge in [-0.1, -0.05) is 0 Å². The summed E-state index contributed by atoms with van der Waals surface area (Å²) in [5, 5.41) is 0. The van der Waals surface area contributed by atoms with Gasteiger partial charge in [-0.25, -0.2) is 9.97 Å². The minimum atomic E-state index is 0.411. The molecule has 0 fully saturated rings. The molecule has 5 heteroatoms. The number of aryl methyl sites for hydroxylation is 2. The van der Waals surface area contributed by atoms with Gasteiger partial charge in [0.15, 0.2) is 0 Å². The summed E-state index contributed by atoms with van der Waals surface area (Å²) in [5.74, 6) is 1.59. The Kier molecular flexibility index (Phi) is 3.81. The quantitative estimate of drug-likeness (QED) is 0.804. The fourth-order valence-electron chi connectivity index (χ4n) is 2.70. The van der Waals surface area contributed by atoms with Crippen molar-refractivity contribution in [3.63, 3.8) is 0 Å². The van der Waals surface area contributed by atoms with Gasteiger partial charge in [0.2, 0.25) is 5.78 Å². The molecule has 2 aromatic heterocycles. The van der Waals surface area contributed by atoms with Crippen LogP contribution in [-0.2, 0) is 6.54 Å². The number of nitrogens with two attached hydrogens (primary N) is 1. The Morgan fingerprint density at radius 2 is 2.05 bits per heavy atom. The lowest BCUT2D eigenvalue weighted by atomic mass is 10.0. The van der Waals surface area contributed by atoms with Crippen LogP contribution in [0.4, 0.5) is 0 Å². The Morgan fingerprint density at radius 1 is 1.23 bits per heavy atom. The van der Waals surface area contributed by atoms with Gasteiger partial charge in [-0.05, 0) is 50.1 Å². The minimum Gasteiger partial charge on any atom is -0.494 e. The number of rotatable bonds is 4. The van der Waals surface area contributed by atoms with Crippen LogP contribution in [0.1, 0.15) is 23.7 Å². The molecule has 22 heavy (non-hydrogen) atoms. The second-order valence-corrected chi connectivity index (χ2v) is 5.27. The van der Waals surface area contributed by atoms with E-state index in [9.17, 15) is 0 Å². The zero-order chi connectivity index (χ0) is 15.7. The molecule has 0 amide bonds. The number of fused-ring (bicyclic) bond motifs is 1. The molecule has 0 unspecified atom stereocenters. The molecule has 1 aromatic carbocycles. The van der Waals surface area contributed by atoms with Crippen LogP contribution in [0.3, 0.4) is 0 Å². The summed E-state index contributed by atoms with van der Waals surface area (Å²) in [5.41, 5.74) is 11.1. The molecule has 3 rings (SSSR count). The third-order valence-corrected chi connectivity index (χ3v) is 3.77. The van der Waals surface area contributed by atoms with Gasteiger partial charge in [-0.15, -0.1) is 0 Å². The highest BCUT2D eigenvalue weighted by atomic mass is 16.5. The molecule has 0 atom stereocenters. The fraction of sp³-hybridized carbons (Fsp3) is 0.294. The Balaban J connectivity index is 2.21. The van der Waals surface area contributed by atoms with E-state index in [1.807, 2.05) is 30.5 Å². The molecule has 2 N–H and O–H groups in total. The average molecular weight is 296 g/mol. The lowest BCUT2D eigenvalue weighted by Gasteiger charge is -2.12. The largest absolute Gasteiger partial charge is 0.494 e. The molecule has 114 valence electrons. The van der Waals surface area contributed by atoms with Crippen LogP contribution in [0.25, 0.3) is 17.0 Å². The van der Waals surface area contributed by atoms with Crippen LogP contribution in [0.5, 0.6) is 5.75 Å². The Morgan fingerprint density at radius 3 is 2.77 bits per heavy atom. The topological polar surface area (TPSA) is 65.4 Å². The Bertz CT molecular complexity index is 823. The highest BCUT2D eigenvalue weighted by molar-refractivity contribution is 5.70. The number of imidazole rings is 1. The van der Waals surface area contributed by atoms with Crippen LogP contribution >= 0.6 is 0 Å². The summed E-state index contributed by atoms with van der Waals surface area (Å²) in [6, 6.07) is 6.06. The predicted octanol–water partition coefficient (Wildman–Crippen LogP) is 2.87. The molecule has 0 saturated heterocycles. The summed E-state index contributed by atoms with van der Waals surface area (Å²) >= 11 is 0. The van der Waals surface area contributed by atoms with Gasteiger partial charge < -0.3 is 10.5 Å². The van der Waals surface area contributed by atoms with Gasteiger partial charge in [-0.3, -0.25) is 4.40 Å². The van der Waals surface area contributed by atoms with Gasteiger partial charge in [0, 0.05) is 24.5 Å². The molecule has 5 nitrogen and oxygen atoms in total. The third-order valence-electron chi connectivity index (χ3n) is 3.77. The van der Waals surface area contributed by atoms with Gasteiger partial charge in [0.25, 0.3) is 0 Å². The SMILES string of the molecule is CCOc1cc(C)c(-c2nc3ncccn3c2CN)cc1C. The minimum absolute atomic E-state index is 0.411. The summed E-state index contributed by atoms with van der Waals surface area (Å²) in [4.78, 5) is 8.97. The van der Waals surface area contributed by atoms with E-state index in [1.54, 1.807) is 6.20 Å². The molecule has 0 aliphatic rings. The van der Waals surface area contributed by atoms with E-state index in [2.05, 4.69) is 29.0 Å². The van der Waals surface area contributed by atoms with Crippen molar-refractivity contribution >= 4 is 5.78 Å². The van der Waals surface area contributed by atoms with Crippen LogP contribution in [0, 0.1) is 13.8 Å². The normalized spacial score (nSPS) is 11.1. The molecule has 0 spiro atoms. The maximum Gasteiger partial charge on any atom is 0.234 e. The van der Waals surface area contributed by atoms with Crippen molar-refractivity contribution in [1.29, 1.82) is 0 Å². The number of hydrogen-bond donors (Lipinski definition) is 1. The molecule has 0 saturated carbocycles. The number of nitrogens with zero attached hydrogens (tertiary/aromatic N) is 3. The first kappa shape index (κ1) is 14.5. The van der Waals surface area contributed by atoms with Crippen molar-refractivity contribution < 1.29 is 4.74 Å². The maximum absolute atomic E-state index is 5.95. The van der Waals surface area contributed by atoms with Crippen LogP contribution in [-0.4, -0.2) is 21.0 Å². The van der Waals surface area contributed by atoms with E-state index in [-0.39, 0.29) is 0 Å². The van der Waals surface area contributed by atoms with Gasteiger partial charge in [-0.2, -0.15) is 0 Å². The second-order valence-electron chi connectivity index (χ2n) is 5.27. The molecule has 3 aromatic rings. The smallest absolute Gasteiger partial charge is 0.234 e. The molecule has 0 bridgehead atoms. The zero-order valence-electron chi connectivity index (χ0n) is 13.1. The van der Waals surface area contributed by atoms with Crippen molar-refractivity contribution in [3.8, 4) is 17.0 Å². The third kappa shape index (κ3) is 2.33. The molecule has 0 aliphatic carbocycles. The monoisotopic (exact) mass is 296 g/mol. The highest BCUT2D eigenvalue weighted by Crippen LogP contribution is 2.31. The summed E-state index contributed by atoms with van der Waals surface area (Å²) in [6.45, 7) is 7.17. The van der Waals surface area contributed by atoms with Crippen LogP contribution < -0.4 is 10.5 Å². The first-order valence-corrected chi connectivity index (χ1v) is 7.42. The van der Waals surface area contributed by atoms with E-state index in [4.69, 9.17) is 10.5 Å². The van der Waals surface area contributed by atoms with Crippen molar-refractivity contribution in [1.82, 2.24) is 14.4 Å². The maximum atomic E-state index is 5.95. The van der Waals surface area contributed by atoms with Crippen molar-refractivity contribution in [2.24, 2.45) is 5.73 Å². The van der Waals surface area contributed by atoms with Crippen LogP contribution in [0.15, 0.2) is 30.6 Å². The average Bonchev–Trinajstić information content (AvgIpc) is 2.89. The van der Waals surface area contributed by atoms with E-state index in [0.717, 1.165) is 33.8 Å². The van der Waals surface area contributed by atoms with Gasteiger partial charge in [0.1, 0.15) is 5.75 Å². The summed E-state index contributed by atoms with van der Waals surface area (Å²) in [6.07, 6.45) is 3.68. The van der Waals surface area contributed by atoms with E-state index >= 15 is 0 Å². The Hall–Kier alpha value is -2.40. The summed E-state index contributed by atoms with van der Waals surface area (Å²) in [7, 11) is 0. The number of hydrogen-bond acceptors (Lipinski definition) is 4. The first-order chi connectivity index (χ1) is 10.7. The van der Waals surface area contributed by atoms with E-state index in [1.165, 1.54) is 0 Å². The number of ether oxygens (including phenoxy) is 1. The zero-order valence-corrected chi connectivity index (χ0v) is 13.1. The Labute approximate surface area is 129 Å². The standard InChI is InChI=1S/C17H20N4O/c1-4-22-15-9-11(2)13(8-12(15)3)16-14(10-18)21-7-5-6-19-17(21)20-16/h5-9H,4,10,18H2,1-3H3. The molecule has 0 radical (unpaired) electrons. The van der Waals surface area contributed by atoms with Crippen molar-refractivity contribution in [3.05, 3.63) is 47.4 Å². The highest BCUT2D eigenvalue weighted by Gasteiger charge is 2.16. The number of aromatic nitrogens is 3. The predicted molar refractivity (Wildman–Crippen MR) is 87.0 cm³/mol. The lowest BCUT2D eigenvalue weighted by molar-refractivity contribution is 0.337. The van der Waals surface area contributed by atoms with Crippen molar-refractivity contribution in [2.75, 3.05) is 6.61 Å². The first-order valence-electron chi connectivity index (χ1n) is 7.42. The molecule has 2 heterocycles. The van der Waals surface area contributed by atoms with E-state index < -0.39 is 0 Å². The lowest BCUT2D eigenvalue weighted by Crippen LogP contribution is -2.03. The molecular formula is C17H20N4O.